The van der Waals surface area contributed by atoms with Gasteiger partial charge in [-0.15, -0.1) is 0 Å². The maximum Gasteiger partial charge on any atom is 0.387 e. The third-order valence-electron chi connectivity index (χ3n) is 2.32. The van der Waals surface area contributed by atoms with Gasteiger partial charge in [0.25, 0.3) is 0 Å². The van der Waals surface area contributed by atoms with E-state index in [1.807, 2.05) is 0 Å². The zero-order chi connectivity index (χ0) is 14.7. The van der Waals surface area contributed by atoms with Crippen molar-refractivity contribution in [3.05, 3.63) is 47.2 Å². The highest BCUT2D eigenvalue weighted by molar-refractivity contribution is 6.30. The average molecular weight is 304 g/mol. The van der Waals surface area contributed by atoms with E-state index in [0.717, 1.165) is 12.1 Å². The predicted molar refractivity (Wildman–Crippen MR) is 69.0 cm³/mol. The molecule has 0 aliphatic heterocycles. The van der Waals surface area contributed by atoms with Crippen LogP contribution in [0.15, 0.2) is 36.4 Å². The van der Waals surface area contributed by atoms with E-state index < -0.39 is 18.2 Å². The highest BCUT2D eigenvalue weighted by Gasteiger charge is 2.14. The van der Waals surface area contributed by atoms with Gasteiger partial charge in [-0.25, -0.2) is 4.39 Å². The van der Waals surface area contributed by atoms with Gasteiger partial charge in [-0.3, -0.25) is 0 Å². The molecule has 20 heavy (non-hydrogen) atoms. The number of alkyl halides is 2. The van der Waals surface area contributed by atoms with E-state index in [-0.39, 0.29) is 11.4 Å². The largest absolute Gasteiger partial charge is 0.455 e. The Morgan fingerprint density at radius 3 is 2.30 bits per heavy atom. The Kier molecular flexibility index (Phi) is 4.24. The molecule has 2 rings (SSSR count). The first-order chi connectivity index (χ1) is 9.45. The summed E-state index contributed by atoms with van der Waals surface area (Å²) in [5.74, 6) is -1.26. The molecule has 0 saturated heterocycles. The fraction of sp³-hybridized carbons (Fsp3) is 0.0769. The molecular formula is C13H9ClF3NO2. The lowest BCUT2D eigenvalue weighted by molar-refractivity contribution is -0.0522. The summed E-state index contributed by atoms with van der Waals surface area (Å²) in [4.78, 5) is 0. The summed E-state index contributed by atoms with van der Waals surface area (Å²) < 4.78 is 47.0. The van der Waals surface area contributed by atoms with Gasteiger partial charge in [-0.2, -0.15) is 8.78 Å². The van der Waals surface area contributed by atoms with Crippen molar-refractivity contribution in [2.24, 2.45) is 0 Å². The molecule has 0 aliphatic rings. The van der Waals surface area contributed by atoms with Gasteiger partial charge in [0, 0.05) is 17.2 Å². The molecule has 2 N–H and O–H groups in total. The smallest absolute Gasteiger partial charge is 0.387 e. The van der Waals surface area contributed by atoms with E-state index in [1.54, 1.807) is 24.3 Å². The normalized spacial score (nSPS) is 10.7. The Bertz CT molecular complexity index is 605. The minimum Gasteiger partial charge on any atom is -0.455 e. The molecule has 0 aromatic heterocycles. The molecule has 106 valence electrons. The number of nitrogen functional groups attached to an aromatic ring is 1. The van der Waals surface area contributed by atoms with Gasteiger partial charge in [0.1, 0.15) is 5.75 Å². The summed E-state index contributed by atoms with van der Waals surface area (Å²) in [7, 11) is 0. The Hall–Kier alpha value is -2.08. The zero-order valence-corrected chi connectivity index (χ0v) is 10.7. The van der Waals surface area contributed by atoms with E-state index in [4.69, 9.17) is 22.1 Å². The molecule has 7 heteroatoms. The number of rotatable bonds is 4. The van der Waals surface area contributed by atoms with Crippen LogP contribution in [0.2, 0.25) is 5.02 Å². The summed E-state index contributed by atoms with van der Waals surface area (Å²) in [5, 5.41) is 0.506. The maximum absolute atomic E-state index is 13.4. The molecule has 0 atom stereocenters. The summed E-state index contributed by atoms with van der Waals surface area (Å²) in [6.45, 7) is -3.14. The van der Waals surface area contributed by atoms with Crippen LogP contribution in [0.25, 0.3) is 0 Å². The minimum atomic E-state index is -3.14. The SMILES string of the molecule is Nc1cc(F)c(OC(F)F)cc1Oc1ccc(Cl)cc1. The van der Waals surface area contributed by atoms with Gasteiger partial charge in [0.05, 0.1) is 5.69 Å². The van der Waals surface area contributed by atoms with Crippen LogP contribution in [-0.4, -0.2) is 6.61 Å². The van der Waals surface area contributed by atoms with E-state index in [9.17, 15) is 13.2 Å². The number of ether oxygens (including phenoxy) is 2. The van der Waals surface area contributed by atoms with Crippen LogP contribution in [0.5, 0.6) is 17.2 Å². The lowest BCUT2D eigenvalue weighted by Gasteiger charge is -2.12. The van der Waals surface area contributed by atoms with Crippen molar-refractivity contribution < 1.29 is 22.6 Å². The second-order valence-corrected chi connectivity index (χ2v) is 4.19. The number of hydrogen-bond acceptors (Lipinski definition) is 3. The van der Waals surface area contributed by atoms with Crippen LogP contribution >= 0.6 is 11.6 Å². The van der Waals surface area contributed by atoms with Crippen molar-refractivity contribution >= 4 is 17.3 Å². The molecule has 2 aromatic carbocycles. The maximum atomic E-state index is 13.4. The first-order valence-corrected chi connectivity index (χ1v) is 5.81. The molecule has 2 aromatic rings. The second kappa shape index (κ2) is 5.92. The van der Waals surface area contributed by atoms with Gasteiger partial charge >= 0.3 is 6.61 Å². The van der Waals surface area contributed by atoms with Crippen LogP contribution in [0, 0.1) is 5.82 Å². The Balaban J connectivity index is 2.28. The highest BCUT2D eigenvalue weighted by Crippen LogP contribution is 2.34. The fourth-order valence-electron chi connectivity index (χ4n) is 1.45. The molecule has 0 bridgehead atoms. The molecule has 3 nitrogen and oxygen atoms in total. The number of benzene rings is 2. The molecule has 0 unspecified atom stereocenters. The van der Waals surface area contributed by atoms with Gasteiger partial charge in [0.15, 0.2) is 17.3 Å². The number of hydrogen-bond donors (Lipinski definition) is 1. The van der Waals surface area contributed by atoms with Gasteiger partial charge in [-0.1, -0.05) is 11.6 Å². The molecular weight excluding hydrogens is 295 g/mol. The van der Waals surface area contributed by atoms with Crippen LogP contribution in [-0.2, 0) is 0 Å². The zero-order valence-electron chi connectivity index (χ0n) is 9.95. The van der Waals surface area contributed by atoms with Crippen LogP contribution in [0.4, 0.5) is 18.9 Å². The van der Waals surface area contributed by atoms with Crippen molar-refractivity contribution in [2.45, 2.75) is 6.61 Å². The Morgan fingerprint density at radius 2 is 1.70 bits per heavy atom. The topological polar surface area (TPSA) is 44.5 Å². The Morgan fingerprint density at radius 1 is 1.05 bits per heavy atom. The van der Waals surface area contributed by atoms with Gasteiger partial charge < -0.3 is 15.2 Å². The molecule has 0 amide bonds. The summed E-state index contributed by atoms with van der Waals surface area (Å²) in [6.07, 6.45) is 0. The quantitative estimate of drug-likeness (QED) is 0.848. The molecule has 0 heterocycles. The lowest BCUT2D eigenvalue weighted by atomic mass is 10.2. The number of nitrogens with two attached hydrogens (primary N) is 1. The van der Waals surface area contributed by atoms with Crippen LogP contribution in [0.1, 0.15) is 0 Å². The van der Waals surface area contributed by atoms with Gasteiger partial charge in [0.2, 0.25) is 0 Å². The van der Waals surface area contributed by atoms with Crippen LogP contribution in [0.3, 0.4) is 0 Å². The molecule has 0 radical (unpaired) electrons. The summed E-state index contributed by atoms with van der Waals surface area (Å²) >= 11 is 5.72. The minimum absolute atomic E-state index is 0.00405. The standard InChI is InChI=1S/C13H9ClF3NO2/c14-7-1-3-8(4-2-7)19-12-6-11(20-13(16)17)9(15)5-10(12)18/h1-6,13H,18H2. The highest BCUT2D eigenvalue weighted by atomic mass is 35.5. The van der Waals surface area contributed by atoms with E-state index in [2.05, 4.69) is 4.74 Å². The van der Waals surface area contributed by atoms with Crippen LogP contribution < -0.4 is 15.2 Å². The van der Waals surface area contributed by atoms with E-state index in [1.165, 1.54) is 0 Å². The third-order valence-corrected chi connectivity index (χ3v) is 2.57. The lowest BCUT2D eigenvalue weighted by Crippen LogP contribution is -2.05. The van der Waals surface area contributed by atoms with Crippen molar-refractivity contribution in [1.29, 1.82) is 0 Å². The molecule has 0 saturated carbocycles. The van der Waals surface area contributed by atoms with E-state index in [0.29, 0.717) is 10.8 Å². The predicted octanol–water partition coefficient (Wildman–Crippen LogP) is 4.46. The van der Waals surface area contributed by atoms with Crippen molar-refractivity contribution in [3.8, 4) is 17.2 Å². The Labute approximate surface area is 117 Å². The average Bonchev–Trinajstić information content (AvgIpc) is 2.37. The third kappa shape index (κ3) is 3.48. The van der Waals surface area contributed by atoms with Gasteiger partial charge in [-0.05, 0) is 24.3 Å². The molecule has 0 aliphatic carbocycles. The monoisotopic (exact) mass is 303 g/mol. The molecule has 0 fully saturated rings. The van der Waals surface area contributed by atoms with Crippen molar-refractivity contribution in [1.82, 2.24) is 0 Å². The number of halogens is 4. The second-order valence-electron chi connectivity index (χ2n) is 3.75. The summed E-state index contributed by atoms with van der Waals surface area (Å²) in [6, 6.07) is 8.08. The first-order valence-electron chi connectivity index (χ1n) is 5.43. The first kappa shape index (κ1) is 14.3. The molecule has 0 spiro atoms. The van der Waals surface area contributed by atoms with E-state index >= 15 is 0 Å². The summed E-state index contributed by atoms with van der Waals surface area (Å²) in [5.41, 5.74) is 5.52. The van der Waals surface area contributed by atoms with Crippen molar-refractivity contribution in [3.63, 3.8) is 0 Å². The van der Waals surface area contributed by atoms with Crippen molar-refractivity contribution in [2.75, 3.05) is 5.73 Å². The fourth-order valence-corrected chi connectivity index (χ4v) is 1.58. The number of anilines is 1.